The lowest BCUT2D eigenvalue weighted by atomic mass is 10.2. The second-order valence-electron chi connectivity index (χ2n) is 3.25. The van der Waals surface area contributed by atoms with E-state index in [-0.39, 0.29) is 0 Å². The third kappa shape index (κ3) is 3.13. The Balaban J connectivity index is 2.84. The van der Waals surface area contributed by atoms with E-state index < -0.39 is 5.91 Å². The summed E-state index contributed by atoms with van der Waals surface area (Å²) in [5.74, 6) is 0.629. The summed E-state index contributed by atoms with van der Waals surface area (Å²) in [4.78, 5) is 11.1. The van der Waals surface area contributed by atoms with Crippen molar-refractivity contribution in [3.8, 4) is 5.75 Å². The van der Waals surface area contributed by atoms with Crippen molar-refractivity contribution in [2.75, 3.05) is 0 Å². The van der Waals surface area contributed by atoms with Crippen molar-refractivity contribution < 1.29 is 9.53 Å². The normalized spacial score (nSPS) is 9.67. The number of nitrogens with two attached hydrogens (primary N) is 1. The lowest BCUT2D eigenvalue weighted by Gasteiger charge is -2.10. The van der Waals surface area contributed by atoms with Gasteiger partial charge in [0.1, 0.15) is 5.75 Å². The molecular weight excluding hydrogens is 190 g/mol. The van der Waals surface area contributed by atoms with Crippen molar-refractivity contribution in [3.63, 3.8) is 0 Å². The number of hydrogen-bond donors (Lipinski definition) is 1. The summed E-state index contributed by atoms with van der Waals surface area (Å²) in [6.07, 6.45) is 1.73. The monoisotopic (exact) mass is 205 g/mol. The van der Waals surface area contributed by atoms with Crippen LogP contribution in [0.25, 0.3) is 0 Å². The molecule has 0 radical (unpaired) electrons. The number of carbonyl (C=O) groups excluding carboxylic acids is 1. The van der Waals surface area contributed by atoms with E-state index in [1.165, 1.54) is 0 Å². The van der Waals surface area contributed by atoms with Crippen LogP contribution in [0.15, 0.2) is 36.6 Å². The van der Waals surface area contributed by atoms with E-state index in [0.29, 0.717) is 17.1 Å². The third-order valence-electron chi connectivity index (χ3n) is 1.94. The first-order valence-electron chi connectivity index (χ1n) is 4.89. The maximum absolute atomic E-state index is 11.1. The van der Waals surface area contributed by atoms with Crippen LogP contribution in [0.3, 0.4) is 0 Å². The SMILES string of the molecule is C=C(CCC)Oc1ccccc1C(N)=O. The van der Waals surface area contributed by atoms with Crippen LogP contribution in [0.2, 0.25) is 0 Å². The molecule has 0 fully saturated rings. The fourth-order valence-corrected chi connectivity index (χ4v) is 1.24. The number of allylic oxidation sites excluding steroid dienone is 1. The molecular formula is C12H15NO2. The van der Waals surface area contributed by atoms with E-state index in [4.69, 9.17) is 10.5 Å². The van der Waals surface area contributed by atoms with Crippen molar-refractivity contribution in [3.05, 3.63) is 42.2 Å². The molecule has 0 aliphatic heterocycles. The predicted molar refractivity (Wildman–Crippen MR) is 59.6 cm³/mol. The van der Waals surface area contributed by atoms with Gasteiger partial charge in [0.2, 0.25) is 0 Å². The zero-order valence-corrected chi connectivity index (χ0v) is 8.82. The van der Waals surface area contributed by atoms with Crippen molar-refractivity contribution in [2.45, 2.75) is 19.8 Å². The molecule has 3 nitrogen and oxygen atoms in total. The number of primary amides is 1. The van der Waals surface area contributed by atoms with Gasteiger partial charge in [-0.1, -0.05) is 25.6 Å². The van der Waals surface area contributed by atoms with E-state index >= 15 is 0 Å². The second kappa shape index (κ2) is 5.20. The van der Waals surface area contributed by atoms with E-state index in [1.54, 1.807) is 24.3 Å². The Kier molecular flexibility index (Phi) is 3.92. The molecule has 0 saturated carbocycles. The highest BCUT2D eigenvalue weighted by Crippen LogP contribution is 2.20. The molecule has 1 aromatic carbocycles. The van der Waals surface area contributed by atoms with Gasteiger partial charge in [0.15, 0.2) is 0 Å². The molecule has 1 amide bonds. The highest BCUT2D eigenvalue weighted by molar-refractivity contribution is 5.95. The highest BCUT2D eigenvalue weighted by atomic mass is 16.5. The van der Waals surface area contributed by atoms with Gasteiger partial charge in [-0.25, -0.2) is 0 Å². The van der Waals surface area contributed by atoms with Gasteiger partial charge in [-0.3, -0.25) is 4.79 Å². The quantitative estimate of drug-likeness (QED) is 0.751. The van der Waals surface area contributed by atoms with Gasteiger partial charge >= 0.3 is 0 Å². The number of amides is 1. The summed E-state index contributed by atoms with van der Waals surface area (Å²) in [6, 6.07) is 6.88. The first-order chi connectivity index (χ1) is 7.15. The van der Waals surface area contributed by atoms with Gasteiger partial charge in [0, 0.05) is 6.42 Å². The summed E-state index contributed by atoms with van der Waals surface area (Å²) in [5, 5.41) is 0. The van der Waals surface area contributed by atoms with E-state index in [2.05, 4.69) is 6.58 Å². The Hall–Kier alpha value is -1.77. The van der Waals surface area contributed by atoms with E-state index in [0.717, 1.165) is 12.8 Å². The number of benzene rings is 1. The van der Waals surface area contributed by atoms with Crippen LogP contribution in [0, 0.1) is 0 Å². The van der Waals surface area contributed by atoms with Crippen LogP contribution in [0.5, 0.6) is 5.75 Å². The molecule has 1 aromatic rings. The zero-order valence-electron chi connectivity index (χ0n) is 8.82. The van der Waals surface area contributed by atoms with Crippen molar-refractivity contribution in [1.82, 2.24) is 0 Å². The Morgan fingerprint density at radius 3 is 2.73 bits per heavy atom. The average molecular weight is 205 g/mol. The molecule has 0 atom stereocenters. The topological polar surface area (TPSA) is 52.3 Å². The van der Waals surface area contributed by atoms with Crippen LogP contribution < -0.4 is 10.5 Å². The van der Waals surface area contributed by atoms with Gasteiger partial charge in [0.25, 0.3) is 5.91 Å². The van der Waals surface area contributed by atoms with Crippen LogP contribution in [0.4, 0.5) is 0 Å². The highest BCUT2D eigenvalue weighted by Gasteiger charge is 2.08. The van der Waals surface area contributed by atoms with Gasteiger partial charge in [-0.2, -0.15) is 0 Å². The van der Waals surface area contributed by atoms with Gasteiger partial charge < -0.3 is 10.5 Å². The van der Waals surface area contributed by atoms with E-state index in [1.807, 2.05) is 6.92 Å². The Morgan fingerprint density at radius 2 is 2.13 bits per heavy atom. The zero-order chi connectivity index (χ0) is 11.3. The van der Waals surface area contributed by atoms with Gasteiger partial charge in [-0.15, -0.1) is 0 Å². The molecule has 1 rings (SSSR count). The van der Waals surface area contributed by atoms with Crippen LogP contribution in [-0.4, -0.2) is 5.91 Å². The Bertz CT molecular complexity index is 372. The standard InChI is InChI=1S/C12H15NO2/c1-3-6-9(2)15-11-8-5-4-7-10(11)12(13)14/h4-5,7-8H,2-3,6H2,1H3,(H2,13,14). The molecule has 0 aromatic heterocycles. The Labute approximate surface area is 89.5 Å². The smallest absolute Gasteiger partial charge is 0.252 e. The number of hydrogen-bond acceptors (Lipinski definition) is 2. The first kappa shape index (κ1) is 11.3. The minimum atomic E-state index is -0.491. The fraction of sp³-hybridized carbons (Fsp3) is 0.250. The summed E-state index contributed by atoms with van der Waals surface area (Å²) >= 11 is 0. The lowest BCUT2D eigenvalue weighted by molar-refractivity contribution is 0.0997. The molecule has 0 bridgehead atoms. The molecule has 0 unspecified atom stereocenters. The molecule has 2 N–H and O–H groups in total. The maximum Gasteiger partial charge on any atom is 0.252 e. The molecule has 15 heavy (non-hydrogen) atoms. The fourth-order valence-electron chi connectivity index (χ4n) is 1.24. The van der Waals surface area contributed by atoms with Gasteiger partial charge in [0.05, 0.1) is 11.3 Å². The molecule has 80 valence electrons. The third-order valence-corrected chi connectivity index (χ3v) is 1.94. The first-order valence-corrected chi connectivity index (χ1v) is 4.89. The minimum Gasteiger partial charge on any atom is -0.462 e. The summed E-state index contributed by atoms with van der Waals surface area (Å²) in [5.41, 5.74) is 5.60. The summed E-state index contributed by atoms with van der Waals surface area (Å²) in [7, 11) is 0. The van der Waals surface area contributed by atoms with Crippen molar-refractivity contribution in [2.24, 2.45) is 5.73 Å². The maximum atomic E-state index is 11.1. The number of ether oxygens (including phenoxy) is 1. The molecule has 0 heterocycles. The molecule has 0 spiro atoms. The average Bonchev–Trinajstić information content (AvgIpc) is 2.18. The van der Waals surface area contributed by atoms with E-state index in [9.17, 15) is 4.79 Å². The molecule has 3 heteroatoms. The lowest BCUT2D eigenvalue weighted by Crippen LogP contribution is -2.12. The summed E-state index contributed by atoms with van der Waals surface area (Å²) < 4.78 is 5.45. The minimum absolute atomic E-state index is 0.384. The number of para-hydroxylation sites is 1. The largest absolute Gasteiger partial charge is 0.462 e. The predicted octanol–water partition coefficient (Wildman–Crippen LogP) is 2.48. The van der Waals surface area contributed by atoms with Crippen LogP contribution in [0.1, 0.15) is 30.1 Å². The molecule has 0 aliphatic rings. The van der Waals surface area contributed by atoms with Crippen LogP contribution in [-0.2, 0) is 0 Å². The van der Waals surface area contributed by atoms with Crippen LogP contribution >= 0.6 is 0 Å². The molecule has 0 aliphatic carbocycles. The summed E-state index contributed by atoms with van der Waals surface area (Å²) in [6.45, 7) is 5.80. The number of carbonyl (C=O) groups is 1. The molecule has 0 saturated heterocycles. The van der Waals surface area contributed by atoms with Crippen molar-refractivity contribution in [1.29, 1.82) is 0 Å². The van der Waals surface area contributed by atoms with Gasteiger partial charge in [-0.05, 0) is 18.6 Å². The second-order valence-corrected chi connectivity index (χ2v) is 3.25. The van der Waals surface area contributed by atoms with Crippen molar-refractivity contribution >= 4 is 5.91 Å². The Morgan fingerprint density at radius 1 is 1.47 bits per heavy atom. The number of rotatable bonds is 5.